The molecule has 1 aliphatic heterocycles. The minimum atomic E-state index is -0.486. The molecular weight excluding hydrogens is 382 g/mol. The largest absolute Gasteiger partial charge is 0.488 e. The first-order chi connectivity index (χ1) is 13.2. The van der Waals surface area contributed by atoms with Gasteiger partial charge in [0.25, 0.3) is 5.91 Å². The first-order valence-corrected chi connectivity index (χ1v) is 10.2. The molecular formula is C20H17NO4S2. The lowest BCUT2D eigenvalue weighted by Gasteiger charge is -2.16. The minimum absolute atomic E-state index is 0.279. The lowest BCUT2D eigenvalue weighted by atomic mass is 10.1. The molecule has 1 amide bonds. The number of fused-ring (bicyclic) bond motifs is 3. The van der Waals surface area contributed by atoms with E-state index in [0.717, 1.165) is 28.2 Å². The fourth-order valence-corrected chi connectivity index (χ4v) is 4.63. The number of hydrogen-bond donors (Lipinski definition) is 1. The van der Waals surface area contributed by atoms with Crippen molar-refractivity contribution in [2.24, 2.45) is 0 Å². The predicted octanol–water partition coefficient (Wildman–Crippen LogP) is 3.88. The highest BCUT2D eigenvalue weighted by atomic mass is 32.1. The van der Waals surface area contributed by atoms with Gasteiger partial charge in [0.1, 0.15) is 17.2 Å². The van der Waals surface area contributed by atoms with Crippen LogP contribution >= 0.6 is 22.7 Å². The van der Waals surface area contributed by atoms with Gasteiger partial charge in [0, 0.05) is 27.4 Å². The molecule has 3 heterocycles. The van der Waals surface area contributed by atoms with E-state index in [4.69, 9.17) is 9.47 Å². The van der Waals surface area contributed by atoms with Gasteiger partial charge in [0.05, 0.1) is 0 Å². The van der Waals surface area contributed by atoms with Crippen LogP contribution < -0.4 is 10.1 Å². The van der Waals surface area contributed by atoms with Crippen LogP contribution in [0.1, 0.15) is 20.1 Å². The van der Waals surface area contributed by atoms with Gasteiger partial charge < -0.3 is 14.8 Å². The minimum Gasteiger partial charge on any atom is -0.488 e. The Morgan fingerprint density at radius 1 is 1.19 bits per heavy atom. The number of hydrogen-bond acceptors (Lipinski definition) is 6. The number of para-hydroxylation sites is 1. The Morgan fingerprint density at radius 2 is 2.07 bits per heavy atom. The number of amides is 1. The van der Waals surface area contributed by atoms with Gasteiger partial charge in [-0.25, -0.2) is 4.79 Å². The zero-order valence-electron chi connectivity index (χ0n) is 14.4. The van der Waals surface area contributed by atoms with E-state index in [1.165, 1.54) is 16.2 Å². The van der Waals surface area contributed by atoms with E-state index in [1.54, 1.807) is 17.4 Å². The van der Waals surface area contributed by atoms with Gasteiger partial charge >= 0.3 is 5.97 Å². The van der Waals surface area contributed by atoms with Gasteiger partial charge in [-0.15, -0.1) is 22.7 Å². The molecule has 4 rings (SSSR count). The van der Waals surface area contributed by atoms with Crippen LogP contribution in [0.4, 0.5) is 0 Å². The van der Waals surface area contributed by atoms with E-state index in [2.05, 4.69) is 5.32 Å². The molecule has 0 saturated carbocycles. The van der Waals surface area contributed by atoms with E-state index in [9.17, 15) is 9.59 Å². The fraction of sp³-hybridized carbons (Fsp3) is 0.200. The number of esters is 1. The van der Waals surface area contributed by atoms with E-state index < -0.39 is 5.97 Å². The Hall–Kier alpha value is -2.64. The summed E-state index contributed by atoms with van der Waals surface area (Å²) < 4.78 is 10.9. The van der Waals surface area contributed by atoms with Crippen molar-refractivity contribution in [1.29, 1.82) is 0 Å². The van der Waals surface area contributed by atoms with Gasteiger partial charge in [0.15, 0.2) is 6.61 Å². The molecule has 3 aromatic rings. The van der Waals surface area contributed by atoms with E-state index >= 15 is 0 Å². The third kappa shape index (κ3) is 4.04. The molecule has 0 unspecified atom stereocenters. The maximum atomic E-state index is 12.3. The molecule has 0 radical (unpaired) electrons. The SMILES string of the molecule is O=C(COC(=O)c1cc2c(s1)-c1ccccc1OC2)NCCc1cccs1. The first kappa shape index (κ1) is 17.8. The fourth-order valence-electron chi connectivity index (χ4n) is 2.83. The average Bonchev–Trinajstić information content (AvgIpc) is 3.35. The number of carbonyl (C=O) groups is 2. The maximum absolute atomic E-state index is 12.3. The second kappa shape index (κ2) is 7.94. The smallest absolute Gasteiger partial charge is 0.348 e. The zero-order chi connectivity index (χ0) is 18.6. The van der Waals surface area contributed by atoms with E-state index in [0.29, 0.717) is 18.0 Å². The van der Waals surface area contributed by atoms with Crippen LogP contribution in [0.3, 0.4) is 0 Å². The van der Waals surface area contributed by atoms with Crippen LogP contribution in [0.2, 0.25) is 0 Å². The monoisotopic (exact) mass is 399 g/mol. The zero-order valence-corrected chi connectivity index (χ0v) is 16.0. The summed E-state index contributed by atoms with van der Waals surface area (Å²) in [6, 6.07) is 13.5. The molecule has 7 heteroatoms. The highest BCUT2D eigenvalue weighted by molar-refractivity contribution is 7.17. The molecule has 0 bridgehead atoms. The lowest BCUT2D eigenvalue weighted by molar-refractivity contribution is -0.124. The highest BCUT2D eigenvalue weighted by Crippen LogP contribution is 2.42. The van der Waals surface area contributed by atoms with Crippen LogP contribution in [-0.4, -0.2) is 25.0 Å². The number of benzene rings is 1. The molecule has 0 spiro atoms. The molecule has 0 fully saturated rings. The molecule has 0 atom stereocenters. The number of ether oxygens (including phenoxy) is 2. The van der Waals surface area contributed by atoms with Crippen LogP contribution in [-0.2, 0) is 22.6 Å². The van der Waals surface area contributed by atoms with E-state index in [1.807, 2.05) is 41.8 Å². The summed E-state index contributed by atoms with van der Waals surface area (Å²) in [6.45, 7) is 0.677. The van der Waals surface area contributed by atoms with Crippen LogP contribution in [0.25, 0.3) is 10.4 Å². The van der Waals surface area contributed by atoms with Crippen LogP contribution in [0, 0.1) is 0 Å². The summed E-state index contributed by atoms with van der Waals surface area (Å²) in [7, 11) is 0. The van der Waals surface area contributed by atoms with E-state index in [-0.39, 0.29) is 12.5 Å². The molecule has 2 aromatic heterocycles. The third-order valence-electron chi connectivity index (χ3n) is 4.13. The second-order valence-corrected chi connectivity index (χ2v) is 8.09. The molecule has 0 saturated heterocycles. The Kier molecular flexibility index (Phi) is 5.22. The van der Waals surface area contributed by atoms with Crippen LogP contribution in [0.15, 0.2) is 47.8 Å². The Morgan fingerprint density at radius 3 is 2.93 bits per heavy atom. The van der Waals surface area contributed by atoms with Gasteiger partial charge in [-0.3, -0.25) is 4.79 Å². The van der Waals surface area contributed by atoms with Crippen molar-refractivity contribution in [1.82, 2.24) is 5.32 Å². The van der Waals surface area contributed by atoms with Gasteiger partial charge in [0.2, 0.25) is 0 Å². The predicted molar refractivity (Wildman–Crippen MR) is 105 cm³/mol. The number of nitrogens with one attached hydrogen (secondary N) is 1. The molecule has 1 N–H and O–H groups in total. The summed E-state index contributed by atoms with van der Waals surface area (Å²) in [5.74, 6) is 0.0343. The molecule has 1 aromatic carbocycles. The Labute approximate surface area is 164 Å². The number of rotatable bonds is 6. The number of carbonyl (C=O) groups excluding carboxylic acids is 2. The highest BCUT2D eigenvalue weighted by Gasteiger charge is 2.23. The Bertz CT molecular complexity index is 962. The molecule has 5 nitrogen and oxygen atoms in total. The summed E-state index contributed by atoms with van der Waals surface area (Å²) in [4.78, 5) is 26.9. The summed E-state index contributed by atoms with van der Waals surface area (Å²) >= 11 is 3.02. The molecule has 27 heavy (non-hydrogen) atoms. The summed E-state index contributed by atoms with van der Waals surface area (Å²) in [5.41, 5.74) is 1.94. The molecule has 138 valence electrons. The van der Waals surface area contributed by atoms with Gasteiger partial charge in [-0.2, -0.15) is 0 Å². The summed E-state index contributed by atoms with van der Waals surface area (Å²) in [6.07, 6.45) is 0.772. The molecule has 0 aliphatic carbocycles. The van der Waals surface area contributed by atoms with Crippen LogP contribution in [0.5, 0.6) is 5.75 Å². The summed E-state index contributed by atoms with van der Waals surface area (Å²) in [5, 5.41) is 4.77. The normalized spacial score (nSPS) is 11.9. The van der Waals surface area contributed by atoms with Crippen molar-refractivity contribution < 1.29 is 19.1 Å². The van der Waals surface area contributed by atoms with Crippen molar-refractivity contribution in [3.05, 3.63) is 63.2 Å². The van der Waals surface area contributed by atoms with Crippen molar-refractivity contribution >= 4 is 34.6 Å². The lowest BCUT2D eigenvalue weighted by Crippen LogP contribution is -2.30. The second-order valence-electron chi connectivity index (χ2n) is 6.01. The topological polar surface area (TPSA) is 64.6 Å². The van der Waals surface area contributed by atoms with Gasteiger partial charge in [-0.1, -0.05) is 18.2 Å². The molecule has 1 aliphatic rings. The van der Waals surface area contributed by atoms with Crippen molar-refractivity contribution in [2.75, 3.05) is 13.2 Å². The van der Waals surface area contributed by atoms with Crippen molar-refractivity contribution in [2.45, 2.75) is 13.0 Å². The average molecular weight is 399 g/mol. The van der Waals surface area contributed by atoms with Crippen molar-refractivity contribution in [3.8, 4) is 16.2 Å². The quantitative estimate of drug-likeness (QED) is 0.639. The van der Waals surface area contributed by atoms with Gasteiger partial charge in [-0.05, 0) is 36.1 Å². The third-order valence-corrected chi connectivity index (χ3v) is 6.26. The maximum Gasteiger partial charge on any atom is 0.348 e. The standard InChI is InChI=1S/C20H17NO4S2/c22-18(21-8-7-14-4-3-9-26-14)12-25-20(23)17-10-13-11-24-16-6-2-1-5-15(16)19(13)27-17/h1-6,9-10H,7-8,11-12H2,(H,21,22). The number of thiophene rings is 2. The van der Waals surface area contributed by atoms with Crippen molar-refractivity contribution in [3.63, 3.8) is 0 Å². The first-order valence-electron chi connectivity index (χ1n) is 8.52. The Balaban J connectivity index is 1.32.